The molecule has 1 rings (SSSR count). The van der Waals surface area contributed by atoms with E-state index in [0.29, 0.717) is 0 Å². The van der Waals surface area contributed by atoms with Crippen LogP contribution in [0.5, 0.6) is 5.75 Å². The molecule has 1 aromatic rings. The Morgan fingerprint density at radius 3 is 2.73 bits per heavy atom. The molecule has 0 aliphatic carbocycles. The third-order valence-corrected chi connectivity index (χ3v) is 1.88. The molecule has 0 fully saturated rings. The first kappa shape index (κ1) is 11.2. The molecule has 78 valence electrons. The van der Waals surface area contributed by atoms with E-state index in [-0.39, 0.29) is 6.02 Å². The second-order valence-electron chi connectivity index (χ2n) is 3.12. The Bertz CT molecular complexity index is 408. The van der Waals surface area contributed by atoms with Crippen LogP contribution < -0.4 is 4.74 Å². The van der Waals surface area contributed by atoms with E-state index in [0.717, 1.165) is 16.9 Å². The minimum Gasteiger partial charge on any atom is -0.424 e. The number of hydrogen-bond acceptors (Lipinski definition) is 2. The quantitative estimate of drug-likeness (QED) is 0.536. The summed E-state index contributed by atoms with van der Waals surface area (Å²) in [6.07, 6.45) is 1.37. The van der Waals surface area contributed by atoms with Gasteiger partial charge in [0, 0.05) is 6.20 Å². The van der Waals surface area contributed by atoms with Gasteiger partial charge in [0.05, 0.1) is 0 Å². The summed E-state index contributed by atoms with van der Waals surface area (Å²) in [6, 6.07) is 6.14. The average molecular weight is 202 g/mol. The van der Waals surface area contributed by atoms with Crippen molar-refractivity contribution in [3.63, 3.8) is 0 Å². The van der Waals surface area contributed by atoms with Crippen molar-refractivity contribution in [1.29, 1.82) is 0 Å². The minimum absolute atomic E-state index is 0.207. The van der Waals surface area contributed by atoms with Crippen LogP contribution in [0.25, 0.3) is 0 Å². The Morgan fingerprint density at radius 2 is 2.13 bits per heavy atom. The molecule has 1 aromatic carbocycles. The molecule has 0 saturated carbocycles. The molecule has 0 aliphatic rings. The number of aliphatic imine (C=N–C) groups is 2. The summed E-state index contributed by atoms with van der Waals surface area (Å²) in [5, 5.41) is 0. The van der Waals surface area contributed by atoms with Crippen LogP contribution in [0, 0.1) is 13.8 Å². The molecule has 0 heterocycles. The summed E-state index contributed by atoms with van der Waals surface area (Å²) in [7, 11) is 0. The van der Waals surface area contributed by atoms with Gasteiger partial charge < -0.3 is 4.74 Å². The van der Waals surface area contributed by atoms with Crippen LogP contribution >= 0.6 is 0 Å². The number of rotatable bonds is 2. The highest BCUT2D eigenvalue weighted by Crippen LogP contribution is 2.19. The van der Waals surface area contributed by atoms with Crippen molar-refractivity contribution >= 4 is 12.7 Å². The van der Waals surface area contributed by atoms with Crippen LogP contribution in [0.15, 0.2) is 41.0 Å². The Morgan fingerprint density at radius 1 is 1.40 bits per heavy atom. The Kier molecular flexibility index (Phi) is 3.80. The van der Waals surface area contributed by atoms with E-state index in [2.05, 4.69) is 23.3 Å². The summed E-state index contributed by atoms with van der Waals surface area (Å²) < 4.78 is 5.47. The first-order valence-electron chi connectivity index (χ1n) is 4.58. The largest absolute Gasteiger partial charge is 0.424 e. The standard InChI is InChI=1S/C12H14N2O/c1-5-14-12(13-4)15-11-8-9(2)6-7-10(11)3/h5-8H,1,4H2,2-3H3. The molecule has 0 spiro atoms. The van der Waals surface area contributed by atoms with Gasteiger partial charge in [-0.05, 0) is 37.8 Å². The van der Waals surface area contributed by atoms with E-state index in [1.807, 2.05) is 32.0 Å². The fraction of sp³-hybridized carbons (Fsp3) is 0.167. The van der Waals surface area contributed by atoms with Crippen LogP contribution in [-0.2, 0) is 0 Å². The second-order valence-corrected chi connectivity index (χ2v) is 3.12. The second kappa shape index (κ2) is 5.10. The van der Waals surface area contributed by atoms with Crippen LogP contribution in [0.3, 0.4) is 0 Å². The summed E-state index contributed by atoms with van der Waals surface area (Å²) in [5.74, 6) is 0.739. The van der Waals surface area contributed by atoms with E-state index >= 15 is 0 Å². The third-order valence-electron chi connectivity index (χ3n) is 1.88. The van der Waals surface area contributed by atoms with Crippen molar-refractivity contribution in [3.8, 4) is 5.75 Å². The van der Waals surface area contributed by atoms with Gasteiger partial charge in [-0.3, -0.25) is 0 Å². The number of nitrogens with zero attached hydrogens (tertiary/aromatic N) is 2. The maximum atomic E-state index is 5.47. The van der Waals surface area contributed by atoms with Gasteiger partial charge in [-0.25, -0.2) is 9.98 Å². The molecule has 15 heavy (non-hydrogen) atoms. The third kappa shape index (κ3) is 3.06. The monoisotopic (exact) mass is 202 g/mol. The van der Waals surface area contributed by atoms with Crippen LogP contribution in [0.4, 0.5) is 0 Å². The van der Waals surface area contributed by atoms with E-state index in [4.69, 9.17) is 4.74 Å². The van der Waals surface area contributed by atoms with Crippen LogP contribution in [0.2, 0.25) is 0 Å². The van der Waals surface area contributed by atoms with Crippen molar-refractivity contribution in [1.82, 2.24) is 0 Å². The Balaban J connectivity index is 2.97. The molecule has 0 N–H and O–H groups in total. The highest BCUT2D eigenvalue weighted by atomic mass is 16.5. The molecule has 0 radical (unpaired) electrons. The number of hydrogen-bond donors (Lipinski definition) is 0. The van der Waals surface area contributed by atoms with E-state index in [1.54, 1.807) is 0 Å². The fourth-order valence-electron chi connectivity index (χ4n) is 1.09. The SMILES string of the molecule is C=CN=C(N=C)Oc1cc(C)ccc1C. The minimum atomic E-state index is 0.207. The lowest BCUT2D eigenvalue weighted by Crippen LogP contribution is -2.05. The van der Waals surface area contributed by atoms with Crippen molar-refractivity contribution in [2.45, 2.75) is 13.8 Å². The summed E-state index contributed by atoms with van der Waals surface area (Å²) in [5.41, 5.74) is 2.15. The van der Waals surface area contributed by atoms with Gasteiger partial charge in [0.1, 0.15) is 5.75 Å². The smallest absolute Gasteiger partial charge is 0.321 e. The zero-order valence-corrected chi connectivity index (χ0v) is 9.03. The van der Waals surface area contributed by atoms with Crippen molar-refractivity contribution in [3.05, 3.63) is 42.1 Å². The zero-order chi connectivity index (χ0) is 11.3. The molecule has 0 aliphatic heterocycles. The predicted molar refractivity (Wildman–Crippen MR) is 63.7 cm³/mol. The van der Waals surface area contributed by atoms with Gasteiger partial charge in [-0.1, -0.05) is 18.7 Å². The highest BCUT2D eigenvalue weighted by Gasteiger charge is 2.03. The molecular weight excluding hydrogens is 188 g/mol. The van der Waals surface area contributed by atoms with Crippen LogP contribution in [-0.4, -0.2) is 12.7 Å². The summed E-state index contributed by atoms with van der Waals surface area (Å²) in [6.45, 7) is 10.8. The predicted octanol–water partition coefficient (Wildman–Crippen LogP) is 2.88. The van der Waals surface area contributed by atoms with Crippen molar-refractivity contribution < 1.29 is 4.74 Å². The first-order chi connectivity index (χ1) is 7.17. The number of amidine groups is 1. The lowest BCUT2D eigenvalue weighted by atomic mass is 10.1. The Labute approximate surface area is 89.8 Å². The van der Waals surface area contributed by atoms with Gasteiger partial charge in [0.2, 0.25) is 0 Å². The molecule has 0 amide bonds. The summed E-state index contributed by atoms with van der Waals surface area (Å²) in [4.78, 5) is 7.49. The van der Waals surface area contributed by atoms with E-state index < -0.39 is 0 Å². The lowest BCUT2D eigenvalue weighted by molar-refractivity contribution is 0.538. The van der Waals surface area contributed by atoms with Crippen molar-refractivity contribution in [2.75, 3.05) is 0 Å². The maximum Gasteiger partial charge on any atom is 0.321 e. The van der Waals surface area contributed by atoms with Gasteiger partial charge in [-0.2, -0.15) is 0 Å². The number of ether oxygens (including phenoxy) is 1. The lowest BCUT2D eigenvalue weighted by Gasteiger charge is -2.07. The van der Waals surface area contributed by atoms with E-state index in [9.17, 15) is 0 Å². The first-order valence-corrected chi connectivity index (χ1v) is 4.58. The van der Waals surface area contributed by atoms with Gasteiger partial charge in [0.15, 0.2) is 0 Å². The topological polar surface area (TPSA) is 34.0 Å². The normalized spacial score (nSPS) is 10.9. The number of aryl methyl sites for hydroxylation is 2. The molecule has 0 unspecified atom stereocenters. The van der Waals surface area contributed by atoms with Gasteiger partial charge >= 0.3 is 6.02 Å². The summed E-state index contributed by atoms with van der Waals surface area (Å²) >= 11 is 0. The fourth-order valence-corrected chi connectivity index (χ4v) is 1.09. The molecule has 0 saturated heterocycles. The van der Waals surface area contributed by atoms with E-state index in [1.165, 1.54) is 6.20 Å². The maximum absolute atomic E-state index is 5.47. The molecule has 3 nitrogen and oxygen atoms in total. The zero-order valence-electron chi connectivity index (χ0n) is 9.03. The molecule has 0 bridgehead atoms. The number of benzene rings is 1. The molecule has 0 aromatic heterocycles. The Hall–Kier alpha value is -1.90. The average Bonchev–Trinajstić information content (AvgIpc) is 2.22. The molecular formula is C12H14N2O. The van der Waals surface area contributed by atoms with Gasteiger partial charge in [-0.15, -0.1) is 0 Å². The van der Waals surface area contributed by atoms with Gasteiger partial charge in [0.25, 0.3) is 0 Å². The van der Waals surface area contributed by atoms with Crippen LogP contribution in [0.1, 0.15) is 11.1 Å². The molecule has 0 atom stereocenters. The molecule has 3 heteroatoms. The van der Waals surface area contributed by atoms with Crippen molar-refractivity contribution in [2.24, 2.45) is 9.98 Å². The highest BCUT2D eigenvalue weighted by molar-refractivity contribution is 5.81.